The zero-order chi connectivity index (χ0) is 11.3. The van der Waals surface area contributed by atoms with Crippen LogP contribution in [0.15, 0.2) is 22.7 Å². The Morgan fingerprint density at radius 2 is 2.07 bits per heavy atom. The monoisotopic (exact) mass is 289 g/mol. The van der Waals surface area contributed by atoms with Crippen molar-refractivity contribution >= 4 is 27.5 Å². The van der Waals surface area contributed by atoms with Crippen LogP contribution in [0.4, 0.5) is 0 Å². The summed E-state index contributed by atoms with van der Waals surface area (Å²) in [6.07, 6.45) is 1.19. The van der Waals surface area contributed by atoms with E-state index in [2.05, 4.69) is 34.7 Å². The van der Waals surface area contributed by atoms with Crippen LogP contribution in [0.5, 0.6) is 0 Å². The Morgan fingerprint density at radius 3 is 2.67 bits per heavy atom. The standard InChI is InChI=1S/C12H17BrClN/c1-3-7-15(4-2)9-10-8-11(14)5-6-12(10)13/h5-6,8H,3-4,7,9H2,1-2H3. The van der Waals surface area contributed by atoms with Gasteiger partial charge in [-0.2, -0.15) is 0 Å². The molecule has 15 heavy (non-hydrogen) atoms. The first-order valence-corrected chi connectivity index (χ1v) is 6.50. The van der Waals surface area contributed by atoms with Gasteiger partial charge in [0, 0.05) is 16.0 Å². The average molecular weight is 291 g/mol. The van der Waals surface area contributed by atoms with E-state index in [1.54, 1.807) is 0 Å². The Balaban J connectivity index is 2.73. The molecular formula is C12H17BrClN. The van der Waals surface area contributed by atoms with Crippen molar-refractivity contribution in [3.8, 4) is 0 Å². The minimum atomic E-state index is 0.806. The lowest BCUT2D eigenvalue weighted by molar-refractivity contribution is 0.280. The van der Waals surface area contributed by atoms with Crippen molar-refractivity contribution in [1.82, 2.24) is 4.90 Å². The lowest BCUT2D eigenvalue weighted by Crippen LogP contribution is -2.23. The maximum atomic E-state index is 5.98. The predicted octanol–water partition coefficient (Wildman–Crippen LogP) is 4.33. The van der Waals surface area contributed by atoms with Crippen molar-refractivity contribution in [2.45, 2.75) is 26.8 Å². The van der Waals surface area contributed by atoms with E-state index in [1.807, 2.05) is 18.2 Å². The summed E-state index contributed by atoms with van der Waals surface area (Å²) >= 11 is 9.54. The van der Waals surface area contributed by atoms with Gasteiger partial charge in [-0.1, -0.05) is 41.4 Å². The third kappa shape index (κ3) is 4.13. The molecule has 0 amide bonds. The summed E-state index contributed by atoms with van der Waals surface area (Å²) in [5, 5.41) is 0.806. The summed E-state index contributed by atoms with van der Waals surface area (Å²) < 4.78 is 1.14. The molecular weight excluding hydrogens is 273 g/mol. The third-order valence-electron chi connectivity index (χ3n) is 2.39. The minimum absolute atomic E-state index is 0.806. The molecule has 1 nitrogen and oxygen atoms in total. The average Bonchev–Trinajstić information content (AvgIpc) is 2.22. The summed E-state index contributed by atoms with van der Waals surface area (Å²) in [5.41, 5.74) is 1.26. The second kappa shape index (κ2) is 6.51. The molecule has 0 fully saturated rings. The molecule has 0 aliphatic heterocycles. The number of rotatable bonds is 5. The van der Waals surface area contributed by atoms with Gasteiger partial charge in [-0.15, -0.1) is 0 Å². The van der Waals surface area contributed by atoms with E-state index in [0.717, 1.165) is 29.1 Å². The van der Waals surface area contributed by atoms with Crippen LogP contribution in [0, 0.1) is 0 Å². The maximum Gasteiger partial charge on any atom is 0.0410 e. The lowest BCUT2D eigenvalue weighted by atomic mass is 10.2. The smallest absolute Gasteiger partial charge is 0.0410 e. The van der Waals surface area contributed by atoms with Crippen LogP contribution in [-0.4, -0.2) is 18.0 Å². The molecule has 0 heterocycles. The van der Waals surface area contributed by atoms with Gasteiger partial charge in [-0.25, -0.2) is 0 Å². The highest BCUT2D eigenvalue weighted by Crippen LogP contribution is 2.22. The first-order valence-electron chi connectivity index (χ1n) is 5.33. The van der Waals surface area contributed by atoms with Crippen LogP contribution in [0.3, 0.4) is 0 Å². The van der Waals surface area contributed by atoms with Crippen LogP contribution in [0.25, 0.3) is 0 Å². The summed E-state index contributed by atoms with van der Waals surface area (Å²) in [4.78, 5) is 2.41. The SMILES string of the molecule is CCCN(CC)Cc1cc(Cl)ccc1Br. The van der Waals surface area contributed by atoms with Gasteiger partial charge in [0.15, 0.2) is 0 Å². The summed E-state index contributed by atoms with van der Waals surface area (Å²) in [5.74, 6) is 0. The van der Waals surface area contributed by atoms with Gasteiger partial charge in [0.1, 0.15) is 0 Å². The fourth-order valence-corrected chi connectivity index (χ4v) is 2.14. The highest BCUT2D eigenvalue weighted by molar-refractivity contribution is 9.10. The van der Waals surface area contributed by atoms with Crippen LogP contribution >= 0.6 is 27.5 Å². The number of hydrogen-bond donors (Lipinski definition) is 0. The molecule has 0 saturated carbocycles. The number of benzene rings is 1. The van der Waals surface area contributed by atoms with E-state index in [0.29, 0.717) is 0 Å². The largest absolute Gasteiger partial charge is 0.299 e. The molecule has 0 aromatic heterocycles. The fourth-order valence-electron chi connectivity index (χ4n) is 1.57. The molecule has 3 heteroatoms. The Bertz CT molecular complexity index is 314. The van der Waals surface area contributed by atoms with E-state index in [4.69, 9.17) is 11.6 Å². The minimum Gasteiger partial charge on any atom is -0.299 e. The maximum absolute atomic E-state index is 5.98. The van der Waals surface area contributed by atoms with Crippen molar-refractivity contribution in [3.05, 3.63) is 33.3 Å². The molecule has 1 aromatic rings. The predicted molar refractivity (Wildman–Crippen MR) is 70.4 cm³/mol. The van der Waals surface area contributed by atoms with Gasteiger partial charge in [-0.05, 0) is 43.3 Å². The van der Waals surface area contributed by atoms with E-state index in [9.17, 15) is 0 Å². The third-order valence-corrected chi connectivity index (χ3v) is 3.40. The molecule has 0 saturated heterocycles. The van der Waals surface area contributed by atoms with Gasteiger partial charge in [0.25, 0.3) is 0 Å². The Hall–Kier alpha value is -0.0500. The topological polar surface area (TPSA) is 3.24 Å². The molecule has 0 radical (unpaired) electrons. The van der Waals surface area contributed by atoms with Crippen molar-refractivity contribution < 1.29 is 0 Å². The molecule has 0 aliphatic carbocycles. The summed E-state index contributed by atoms with van der Waals surface area (Å²) in [7, 11) is 0. The zero-order valence-corrected chi connectivity index (χ0v) is 11.6. The van der Waals surface area contributed by atoms with E-state index in [-0.39, 0.29) is 0 Å². The van der Waals surface area contributed by atoms with Crippen LogP contribution in [0.2, 0.25) is 5.02 Å². The second-order valence-corrected chi connectivity index (χ2v) is 4.90. The highest BCUT2D eigenvalue weighted by atomic mass is 79.9. The van der Waals surface area contributed by atoms with Crippen molar-refractivity contribution in [2.75, 3.05) is 13.1 Å². The van der Waals surface area contributed by atoms with Crippen LogP contribution in [-0.2, 0) is 6.54 Å². The number of nitrogens with zero attached hydrogens (tertiary/aromatic N) is 1. The quantitative estimate of drug-likeness (QED) is 0.780. The van der Waals surface area contributed by atoms with Crippen LogP contribution in [0.1, 0.15) is 25.8 Å². The van der Waals surface area contributed by atoms with E-state index < -0.39 is 0 Å². The van der Waals surface area contributed by atoms with Gasteiger partial charge in [0.05, 0.1) is 0 Å². The second-order valence-electron chi connectivity index (χ2n) is 3.60. The molecule has 0 bridgehead atoms. The first kappa shape index (κ1) is 13.0. The van der Waals surface area contributed by atoms with Crippen molar-refractivity contribution in [2.24, 2.45) is 0 Å². The van der Waals surface area contributed by atoms with E-state index >= 15 is 0 Å². The van der Waals surface area contributed by atoms with Gasteiger partial charge >= 0.3 is 0 Å². The van der Waals surface area contributed by atoms with Crippen LogP contribution < -0.4 is 0 Å². The molecule has 0 atom stereocenters. The molecule has 84 valence electrons. The molecule has 0 N–H and O–H groups in total. The Kier molecular flexibility index (Phi) is 5.65. The highest BCUT2D eigenvalue weighted by Gasteiger charge is 2.06. The Labute approximate surface area is 106 Å². The molecule has 0 spiro atoms. The molecule has 0 aliphatic rings. The number of hydrogen-bond acceptors (Lipinski definition) is 1. The van der Waals surface area contributed by atoms with Gasteiger partial charge < -0.3 is 0 Å². The Morgan fingerprint density at radius 1 is 1.33 bits per heavy atom. The van der Waals surface area contributed by atoms with E-state index in [1.165, 1.54) is 12.0 Å². The van der Waals surface area contributed by atoms with Crippen molar-refractivity contribution in [1.29, 1.82) is 0 Å². The normalized spacial score (nSPS) is 11.0. The zero-order valence-electron chi connectivity index (χ0n) is 9.26. The molecule has 1 rings (SSSR count). The summed E-state index contributed by atoms with van der Waals surface area (Å²) in [6.45, 7) is 7.57. The molecule has 0 unspecified atom stereocenters. The van der Waals surface area contributed by atoms with Gasteiger partial charge in [-0.3, -0.25) is 4.90 Å². The lowest BCUT2D eigenvalue weighted by Gasteiger charge is -2.20. The van der Waals surface area contributed by atoms with Gasteiger partial charge in [0.2, 0.25) is 0 Å². The first-order chi connectivity index (χ1) is 7.17. The fraction of sp³-hybridized carbons (Fsp3) is 0.500. The number of halogens is 2. The summed E-state index contributed by atoms with van der Waals surface area (Å²) in [6, 6.07) is 5.95. The van der Waals surface area contributed by atoms with Crippen molar-refractivity contribution in [3.63, 3.8) is 0 Å². The molecule has 1 aromatic carbocycles.